The number of nitrogens with two attached hydrogens (primary N) is 1. The summed E-state index contributed by atoms with van der Waals surface area (Å²) in [5, 5.41) is 9.79. The van der Waals surface area contributed by atoms with Crippen LogP contribution in [-0.4, -0.2) is 22.3 Å². The van der Waals surface area contributed by atoms with Gasteiger partial charge in [-0.05, 0) is 12.3 Å². The number of hydrogen-bond acceptors (Lipinski definition) is 5. The summed E-state index contributed by atoms with van der Waals surface area (Å²) in [6, 6.07) is 7.71. The van der Waals surface area contributed by atoms with Gasteiger partial charge in [-0.3, -0.25) is 0 Å². The fraction of sp³-hybridized carbons (Fsp3) is 0.0909. The highest BCUT2D eigenvalue weighted by molar-refractivity contribution is 7.98. The van der Waals surface area contributed by atoms with Gasteiger partial charge in [-0.15, -0.1) is 11.8 Å². The van der Waals surface area contributed by atoms with Crippen LogP contribution in [0.2, 0.25) is 0 Å². The lowest BCUT2D eigenvalue weighted by molar-refractivity contribution is 0.0692. The lowest BCUT2D eigenvalue weighted by atomic mass is 10.2. The van der Waals surface area contributed by atoms with Crippen molar-refractivity contribution in [2.45, 2.75) is 4.90 Å². The quantitative estimate of drug-likeness (QED) is 0.835. The number of nitrogen functional groups attached to an aromatic ring is 1. The van der Waals surface area contributed by atoms with Crippen molar-refractivity contribution in [2.24, 2.45) is 0 Å². The number of rotatable bonds is 3. The molecule has 0 aliphatic rings. The number of carboxylic acids is 1. The molecule has 0 aliphatic heterocycles. The molecule has 3 N–H and O–H groups in total. The van der Waals surface area contributed by atoms with Crippen molar-refractivity contribution in [3.05, 3.63) is 30.0 Å². The molecule has 1 heterocycles. The molecule has 88 valence electrons. The summed E-state index contributed by atoms with van der Waals surface area (Å²) in [5.41, 5.74) is 6.49. The van der Waals surface area contributed by atoms with Crippen LogP contribution in [0.15, 0.2) is 29.2 Å². The molecule has 0 spiro atoms. The van der Waals surface area contributed by atoms with Gasteiger partial charge < -0.3 is 10.8 Å². The number of anilines is 1. The van der Waals surface area contributed by atoms with E-state index in [4.69, 9.17) is 10.8 Å². The van der Waals surface area contributed by atoms with Gasteiger partial charge in [0.2, 0.25) is 0 Å². The number of benzene rings is 1. The van der Waals surface area contributed by atoms with E-state index in [1.807, 2.05) is 30.5 Å². The first-order valence-corrected chi connectivity index (χ1v) is 6.80. The molecule has 0 radical (unpaired) electrons. The Labute approximate surface area is 106 Å². The van der Waals surface area contributed by atoms with E-state index in [2.05, 4.69) is 4.98 Å². The molecule has 4 nitrogen and oxygen atoms in total. The molecule has 6 heteroatoms. The zero-order chi connectivity index (χ0) is 12.4. The van der Waals surface area contributed by atoms with Crippen LogP contribution >= 0.6 is 23.1 Å². The number of carbonyl (C=O) groups is 1. The average Bonchev–Trinajstić information content (AvgIpc) is 2.71. The number of nitrogens with zero attached hydrogens (tertiary/aromatic N) is 1. The number of aromatic nitrogens is 1. The Balaban J connectivity index is 2.53. The van der Waals surface area contributed by atoms with E-state index in [1.54, 1.807) is 11.8 Å². The average molecular weight is 266 g/mol. The highest BCUT2D eigenvalue weighted by Crippen LogP contribution is 2.35. The third kappa shape index (κ3) is 2.27. The lowest BCUT2D eigenvalue weighted by Gasteiger charge is -2.02. The molecular weight excluding hydrogens is 256 g/mol. The summed E-state index contributed by atoms with van der Waals surface area (Å²) in [4.78, 5) is 16.0. The van der Waals surface area contributed by atoms with Crippen molar-refractivity contribution in [3.8, 4) is 10.6 Å². The Kier molecular flexibility index (Phi) is 3.35. The van der Waals surface area contributed by atoms with Gasteiger partial charge in [0.25, 0.3) is 0 Å². The fourth-order valence-corrected chi connectivity index (χ4v) is 2.95. The molecule has 1 aromatic carbocycles. The molecule has 0 unspecified atom stereocenters. The zero-order valence-corrected chi connectivity index (χ0v) is 10.6. The van der Waals surface area contributed by atoms with Crippen molar-refractivity contribution >= 4 is 34.1 Å². The lowest BCUT2D eigenvalue weighted by Crippen LogP contribution is -2.00. The van der Waals surface area contributed by atoms with Gasteiger partial charge in [0, 0.05) is 10.5 Å². The van der Waals surface area contributed by atoms with E-state index < -0.39 is 5.97 Å². The van der Waals surface area contributed by atoms with Gasteiger partial charge >= 0.3 is 5.97 Å². The minimum Gasteiger partial charge on any atom is -0.476 e. The van der Waals surface area contributed by atoms with Crippen molar-refractivity contribution in [1.29, 1.82) is 0 Å². The Morgan fingerprint density at radius 2 is 2.18 bits per heavy atom. The minimum absolute atomic E-state index is 0.0686. The Bertz CT molecular complexity index is 566. The van der Waals surface area contributed by atoms with Crippen molar-refractivity contribution in [1.82, 2.24) is 4.98 Å². The van der Waals surface area contributed by atoms with Gasteiger partial charge in [-0.2, -0.15) is 0 Å². The number of aromatic carboxylic acids is 1. The number of hydrogen-bond donors (Lipinski definition) is 2. The summed E-state index contributed by atoms with van der Waals surface area (Å²) in [6.45, 7) is 0. The number of thioether (sulfide) groups is 1. The standard InChI is InChI=1S/C11H10N2O2S2/c1-16-7-5-3-2-4-6(7)10-13-8(11(14)15)9(12)17-10/h2-5H,12H2,1H3,(H,14,15). The molecule has 1 aromatic heterocycles. The van der Waals surface area contributed by atoms with E-state index >= 15 is 0 Å². The second-order valence-electron chi connectivity index (χ2n) is 3.24. The zero-order valence-electron chi connectivity index (χ0n) is 9.01. The number of thiazole rings is 1. The molecule has 0 bridgehead atoms. The monoisotopic (exact) mass is 266 g/mol. The topological polar surface area (TPSA) is 76.2 Å². The van der Waals surface area contributed by atoms with E-state index in [9.17, 15) is 4.79 Å². The molecule has 0 amide bonds. The first-order valence-electron chi connectivity index (χ1n) is 4.76. The van der Waals surface area contributed by atoms with Crippen LogP contribution in [0.1, 0.15) is 10.5 Å². The van der Waals surface area contributed by atoms with Crippen LogP contribution in [0.4, 0.5) is 5.00 Å². The second kappa shape index (κ2) is 4.77. The highest BCUT2D eigenvalue weighted by Gasteiger charge is 2.17. The van der Waals surface area contributed by atoms with Crippen LogP contribution < -0.4 is 5.73 Å². The van der Waals surface area contributed by atoms with Gasteiger partial charge in [-0.1, -0.05) is 29.5 Å². The van der Waals surface area contributed by atoms with Crippen LogP contribution in [0.5, 0.6) is 0 Å². The summed E-state index contributed by atoms with van der Waals surface area (Å²) in [7, 11) is 0. The van der Waals surface area contributed by atoms with Gasteiger partial charge in [0.05, 0.1) is 0 Å². The Hall–Kier alpha value is -1.53. The molecule has 0 fully saturated rings. The smallest absolute Gasteiger partial charge is 0.357 e. The van der Waals surface area contributed by atoms with E-state index in [0.717, 1.165) is 10.5 Å². The molecule has 2 rings (SSSR count). The predicted molar refractivity (Wildman–Crippen MR) is 70.7 cm³/mol. The number of carboxylic acid groups (broad SMARTS) is 1. The summed E-state index contributed by atoms with van der Waals surface area (Å²) < 4.78 is 0. The van der Waals surface area contributed by atoms with Crippen molar-refractivity contribution in [2.75, 3.05) is 12.0 Å². The van der Waals surface area contributed by atoms with E-state index in [0.29, 0.717) is 5.01 Å². The maximum Gasteiger partial charge on any atom is 0.357 e. The van der Waals surface area contributed by atoms with Crippen molar-refractivity contribution in [3.63, 3.8) is 0 Å². The van der Waals surface area contributed by atoms with E-state index in [-0.39, 0.29) is 10.7 Å². The molecule has 17 heavy (non-hydrogen) atoms. The third-order valence-corrected chi connectivity index (χ3v) is 3.91. The van der Waals surface area contributed by atoms with Crippen molar-refractivity contribution < 1.29 is 9.90 Å². The second-order valence-corrected chi connectivity index (χ2v) is 5.12. The molecule has 0 saturated heterocycles. The normalized spacial score (nSPS) is 10.4. The van der Waals surface area contributed by atoms with Crippen LogP contribution in [0.25, 0.3) is 10.6 Å². The minimum atomic E-state index is -1.09. The summed E-state index contributed by atoms with van der Waals surface area (Å²) in [5.74, 6) is -1.09. The van der Waals surface area contributed by atoms with Gasteiger partial charge in [0.15, 0.2) is 5.69 Å². The molecule has 0 atom stereocenters. The van der Waals surface area contributed by atoms with E-state index in [1.165, 1.54) is 11.3 Å². The predicted octanol–water partition coefficient (Wildman–Crippen LogP) is 2.81. The Morgan fingerprint density at radius 3 is 2.76 bits per heavy atom. The summed E-state index contributed by atoms with van der Waals surface area (Å²) in [6.07, 6.45) is 1.97. The first-order chi connectivity index (χ1) is 8.13. The van der Waals surface area contributed by atoms with Crippen LogP contribution in [0, 0.1) is 0 Å². The molecule has 0 saturated carbocycles. The maximum absolute atomic E-state index is 10.9. The molecule has 2 aromatic rings. The molecular formula is C11H10N2O2S2. The first kappa shape index (κ1) is 11.9. The Morgan fingerprint density at radius 1 is 1.47 bits per heavy atom. The van der Waals surface area contributed by atoms with Crippen LogP contribution in [0.3, 0.4) is 0 Å². The molecule has 0 aliphatic carbocycles. The maximum atomic E-state index is 10.9. The fourth-order valence-electron chi connectivity index (χ4n) is 1.42. The largest absolute Gasteiger partial charge is 0.476 e. The van der Waals surface area contributed by atoms with Gasteiger partial charge in [-0.25, -0.2) is 9.78 Å². The van der Waals surface area contributed by atoms with Crippen LogP contribution in [-0.2, 0) is 0 Å². The SMILES string of the molecule is CSc1ccccc1-c1nc(C(=O)O)c(N)s1. The summed E-state index contributed by atoms with van der Waals surface area (Å²) >= 11 is 2.79. The van der Waals surface area contributed by atoms with Gasteiger partial charge in [0.1, 0.15) is 10.0 Å². The highest BCUT2D eigenvalue weighted by atomic mass is 32.2. The third-order valence-electron chi connectivity index (χ3n) is 2.19.